The molecule has 0 saturated heterocycles. The van der Waals surface area contributed by atoms with Gasteiger partial charge in [0.05, 0.1) is 23.6 Å². The second-order valence-corrected chi connectivity index (χ2v) is 5.41. The predicted octanol–water partition coefficient (Wildman–Crippen LogP) is 2.55. The fraction of sp³-hybridized carbons (Fsp3) is 0.312. The Bertz CT molecular complexity index is 805. The fourth-order valence-electron chi connectivity index (χ4n) is 2.44. The molecule has 0 aliphatic rings. The van der Waals surface area contributed by atoms with Gasteiger partial charge in [0.1, 0.15) is 0 Å². The van der Waals surface area contributed by atoms with Gasteiger partial charge in [-0.15, -0.1) is 0 Å². The lowest BCUT2D eigenvalue weighted by Gasteiger charge is -2.14. The van der Waals surface area contributed by atoms with E-state index >= 15 is 0 Å². The second kappa shape index (κ2) is 5.52. The van der Waals surface area contributed by atoms with Crippen molar-refractivity contribution in [2.45, 2.75) is 32.9 Å². The van der Waals surface area contributed by atoms with Gasteiger partial charge >= 0.3 is 0 Å². The van der Waals surface area contributed by atoms with Crippen molar-refractivity contribution in [1.29, 1.82) is 0 Å². The molecule has 2 heterocycles. The molecule has 0 amide bonds. The number of aromatic nitrogens is 4. The number of imidazole rings is 1. The minimum Gasteiger partial charge on any atom is -0.335 e. The van der Waals surface area contributed by atoms with Crippen molar-refractivity contribution in [2.75, 3.05) is 0 Å². The van der Waals surface area contributed by atoms with Gasteiger partial charge < -0.3 is 4.57 Å². The van der Waals surface area contributed by atoms with E-state index in [2.05, 4.69) is 16.9 Å². The number of rotatable bonds is 4. The van der Waals surface area contributed by atoms with E-state index in [1.807, 2.05) is 35.9 Å². The first-order valence-corrected chi connectivity index (χ1v) is 7.08. The summed E-state index contributed by atoms with van der Waals surface area (Å²) >= 11 is 0. The standard InChI is InChI=1S/C16H18N4O/c1-12-3-4-15-14(9-12)16(21)20(11-18-15)7-5-13(2)19-8-6-17-10-19/h3-4,6,8-11,13H,5,7H2,1-2H3. The van der Waals surface area contributed by atoms with Crippen LogP contribution >= 0.6 is 0 Å². The molecular formula is C16H18N4O. The molecule has 1 atom stereocenters. The number of aryl methyl sites for hydroxylation is 2. The molecule has 3 rings (SSSR count). The molecule has 108 valence electrons. The topological polar surface area (TPSA) is 52.7 Å². The van der Waals surface area contributed by atoms with Crippen LogP contribution in [0.15, 0.2) is 48.0 Å². The van der Waals surface area contributed by atoms with E-state index in [9.17, 15) is 4.79 Å². The molecule has 0 fully saturated rings. The Morgan fingerprint density at radius 2 is 2.14 bits per heavy atom. The van der Waals surface area contributed by atoms with E-state index in [0.717, 1.165) is 17.5 Å². The van der Waals surface area contributed by atoms with Crippen LogP contribution in [-0.4, -0.2) is 19.1 Å². The Hall–Kier alpha value is -2.43. The quantitative estimate of drug-likeness (QED) is 0.739. The average molecular weight is 282 g/mol. The van der Waals surface area contributed by atoms with E-state index in [-0.39, 0.29) is 5.56 Å². The lowest BCUT2D eigenvalue weighted by molar-refractivity contribution is 0.458. The molecule has 21 heavy (non-hydrogen) atoms. The molecule has 0 aliphatic heterocycles. The van der Waals surface area contributed by atoms with Crippen LogP contribution in [0.3, 0.4) is 0 Å². The SMILES string of the molecule is Cc1ccc2ncn(CCC(C)n3ccnc3)c(=O)c2c1. The van der Waals surface area contributed by atoms with Crippen molar-refractivity contribution in [1.82, 2.24) is 19.1 Å². The van der Waals surface area contributed by atoms with Gasteiger partial charge in [0.2, 0.25) is 0 Å². The molecule has 0 aliphatic carbocycles. The predicted molar refractivity (Wildman–Crippen MR) is 82.3 cm³/mol. The molecule has 0 bridgehead atoms. The molecular weight excluding hydrogens is 264 g/mol. The van der Waals surface area contributed by atoms with Crippen LogP contribution in [0.25, 0.3) is 10.9 Å². The Balaban J connectivity index is 1.84. The maximum absolute atomic E-state index is 12.5. The Labute approximate surface area is 122 Å². The second-order valence-electron chi connectivity index (χ2n) is 5.41. The Morgan fingerprint density at radius 3 is 2.90 bits per heavy atom. The highest BCUT2D eigenvalue weighted by atomic mass is 16.1. The van der Waals surface area contributed by atoms with E-state index < -0.39 is 0 Å². The Kier molecular flexibility index (Phi) is 3.56. The summed E-state index contributed by atoms with van der Waals surface area (Å²) in [6.45, 7) is 4.75. The van der Waals surface area contributed by atoms with Crippen molar-refractivity contribution in [3.63, 3.8) is 0 Å². The number of hydrogen-bond donors (Lipinski definition) is 0. The van der Waals surface area contributed by atoms with Gasteiger partial charge in [-0.2, -0.15) is 0 Å². The van der Waals surface area contributed by atoms with Crippen molar-refractivity contribution in [2.24, 2.45) is 0 Å². The van der Waals surface area contributed by atoms with Crippen molar-refractivity contribution in [3.05, 3.63) is 59.2 Å². The first-order chi connectivity index (χ1) is 10.1. The summed E-state index contributed by atoms with van der Waals surface area (Å²) in [5, 5.41) is 0.688. The third-order valence-corrected chi connectivity index (χ3v) is 3.80. The highest BCUT2D eigenvalue weighted by molar-refractivity contribution is 5.77. The summed E-state index contributed by atoms with van der Waals surface area (Å²) in [4.78, 5) is 20.9. The average Bonchev–Trinajstić information content (AvgIpc) is 3.01. The van der Waals surface area contributed by atoms with E-state index in [0.29, 0.717) is 18.0 Å². The highest BCUT2D eigenvalue weighted by Crippen LogP contribution is 2.12. The maximum Gasteiger partial charge on any atom is 0.261 e. The smallest absolute Gasteiger partial charge is 0.261 e. The number of benzene rings is 1. The van der Waals surface area contributed by atoms with Crippen LogP contribution in [0.4, 0.5) is 0 Å². The summed E-state index contributed by atoms with van der Waals surface area (Å²) in [6, 6.07) is 6.07. The van der Waals surface area contributed by atoms with Gasteiger partial charge in [-0.3, -0.25) is 9.36 Å². The lowest BCUT2D eigenvalue weighted by atomic mass is 10.1. The lowest BCUT2D eigenvalue weighted by Crippen LogP contribution is -2.22. The third kappa shape index (κ3) is 2.72. The Morgan fingerprint density at radius 1 is 1.29 bits per heavy atom. The number of nitrogens with zero attached hydrogens (tertiary/aromatic N) is 4. The van der Waals surface area contributed by atoms with Gasteiger partial charge in [0.15, 0.2) is 0 Å². The van der Waals surface area contributed by atoms with Gasteiger partial charge in [0, 0.05) is 25.0 Å². The minimum absolute atomic E-state index is 0.0292. The molecule has 2 aromatic heterocycles. The minimum atomic E-state index is 0.0292. The molecule has 5 heteroatoms. The largest absolute Gasteiger partial charge is 0.335 e. The fourth-order valence-corrected chi connectivity index (χ4v) is 2.44. The summed E-state index contributed by atoms with van der Waals surface area (Å²) in [7, 11) is 0. The first-order valence-electron chi connectivity index (χ1n) is 7.08. The van der Waals surface area contributed by atoms with Crippen LogP contribution in [0.5, 0.6) is 0 Å². The first kappa shape index (κ1) is 13.5. The molecule has 0 saturated carbocycles. The van der Waals surface area contributed by atoms with Crippen LogP contribution in [0, 0.1) is 6.92 Å². The van der Waals surface area contributed by atoms with E-state index in [1.165, 1.54) is 0 Å². The molecule has 0 radical (unpaired) electrons. The molecule has 3 aromatic rings. The zero-order chi connectivity index (χ0) is 14.8. The van der Waals surface area contributed by atoms with Gasteiger partial charge in [-0.05, 0) is 32.4 Å². The van der Waals surface area contributed by atoms with Gasteiger partial charge in [0.25, 0.3) is 5.56 Å². The molecule has 1 aromatic carbocycles. The monoisotopic (exact) mass is 282 g/mol. The van der Waals surface area contributed by atoms with Crippen molar-refractivity contribution in [3.8, 4) is 0 Å². The molecule has 5 nitrogen and oxygen atoms in total. The normalized spacial score (nSPS) is 12.7. The zero-order valence-electron chi connectivity index (χ0n) is 12.2. The van der Waals surface area contributed by atoms with Crippen molar-refractivity contribution < 1.29 is 0 Å². The van der Waals surface area contributed by atoms with E-state index in [1.54, 1.807) is 23.4 Å². The van der Waals surface area contributed by atoms with Crippen LogP contribution in [0.1, 0.15) is 24.9 Å². The van der Waals surface area contributed by atoms with Gasteiger partial charge in [-0.1, -0.05) is 11.6 Å². The summed E-state index contributed by atoms with van der Waals surface area (Å²) in [5.74, 6) is 0. The molecule has 0 spiro atoms. The molecule has 0 N–H and O–H groups in total. The third-order valence-electron chi connectivity index (χ3n) is 3.80. The number of hydrogen-bond acceptors (Lipinski definition) is 3. The van der Waals surface area contributed by atoms with Crippen LogP contribution < -0.4 is 5.56 Å². The van der Waals surface area contributed by atoms with Crippen LogP contribution in [0.2, 0.25) is 0 Å². The number of fused-ring (bicyclic) bond motifs is 1. The van der Waals surface area contributed by atoms with Gasteiger partial charge in [-0.25, -0.2) is 9.97 Å². The van der Waals surface area contributed by atoms with Crippen molar-refractivity contribution >= 4 is 10.9 Å². The zero-order valence-corrected chi connectivity index (χ0v) is 12.2. The van der Waals surface area contributed by atoms with E-state index in [4.69, 9.17) is 0 Å². The summed E-state index contributed by atoms with van der Waals surface area (Å²) < 4.78 is 3.73. The van der Waals surface area contributed by atoms with Crippen LogP contribution in [-0.2, 0) is 6.54 Å². The summed E-state index contributed by atoms with van der Waals surface area (Å²) in [5.41, 5.74) is 1.86. The highest BCUT2D eigenvalue weighted by Gasteiger charge is 2.07. The maximum atomic E-state index is 12.5. The summed E-state index contributed by atoms with van der Waals surface area (Å²) in [6.07, 6.45) is 8.00. The molecule has 1 unspecified atom stereocenters.